The number of ether oxygens (including phenoxy) is 2. The van der Waals surface area contributed by atoms with E-state index in [9.17, 15) is 4.79 Å². The van der Waals surface area contributed by atoms with Crippen molar-refractivity contribution in [2.24, 2.45) is 0 Å². The summed E-state index contributed by atoms with van der Waals surface area (Å²) in [6.45, 7) is 4.21. The SMILES string of the molecule is COc1ccc(CCN2Cc3c(sc4c3CCCC4)N(C(C)=O)C2)cc1OC. The Morgan fingerprint density at radius 3 is 2.64 bits per heavy atom. The van der Waals surface area contributed by atoms with Gasteiger partial charge in [0, 0.05) is 30.5 Å². The Labute approximate surface area is 170 Å². The van der Waals surface area contributed by atoms with Crippen LogP contribution in [0.5, 0.6) is 11.5 Å². The predicted octanol–water partition coefficient (Wildman–Crippen LogP) is 4.01. The van der Waals surface area contributed by atoms with E-state index in [4.69, 9.17) is 9.47 Å². The highest BCUT2D eigenvalue weighted by Crippen LogP contribution is 2.43. The minimum Gasteiger partial charge on any atom is -0.493 e. The molecule has 0 unspecified atom stereocenters. The van der Waals surface area contributed by atoms with E-state index >= 15 is 0 Å². The van der Waals surface area contributed by atoms with Crippen molar-refractivity contribution < 1.29 is 14.3 Å². The number of rotatable bonds is 5. The van der Waals surface area contributed by atoms with Crippen molar-refractivity contribution in [2.75, 3.05) is 32.3 Å². The van der Waals surface area contributed by atoms with Gasteiger partial charge in [-0.05, 0) is 55.4 Å². The molecule has 1 aliphatic heterocycles. The molecule has 0 bridgehead atoms. The number of benzene rings is 1. The average molecular weight is 401 g/mol. The van der Waals surface area contributed by atoms with Crippen LogP contribution >= 0.6 is 11.3 Å². The minimum atomic E-state index is 0.135. The van der Waals surface area contributed by atoms with E-state index in [2.05, 4.69) is 11.0 Å². The molecule has 0 spiro atoms. The summed E-state index contributed by atoms with van der Waals surface area (Å²) in [5.41, 5.74) is 4.13. The molecule has 150 valence electrons. The fourth-order valence-corrected chi connectivity index (χ4v) is 5.69. The molecular weight excluding hydrogens is 372 g/mol. The number of fused-ring (bicyclic) bond motifs is 3. The number of nitrogens with zero attached hydrogens (tertiary/aromatic N) is 2. The lowest BCUT2D eigenvalue weighted by molar-refractivity contribution is -0.117. The molecule has 1 aromatic carbocycles. The Hall–Kier alpha value is -2.05. The zero-order valence-corrected chi connectivity index (χ0v) is 17.7. The lowest BCUT2D eigenvalue weighted by atomic mass is 9.94. The zero-order chi connectivity index (χ0) is 19.7. The van der Waals surface area contributed by atoms with Gasteiger partial charge in [-0.25, -0.2) is 0 Å². The Morgan fingerprint density at radius 2 is 1.89 bits per heavy atom. The van der Waals surface area contributed by atoms with Crippen molar-refractivity contribution in [3.63, 3.8) is 0 Å². The molecule has 0 saturated carbocycles. The van der Waals surface area contributed by atoms with E-state index in [1.165, 1.54) is 45.8 Å². The fraction of sp³-hybridized carbons (Fsp3) is 0.500. The average Bonchev–Trinajstić information content (AvgIpc) is 3.09. The normalized spacial score (nSPS) is 16.5. The summed E-state index contributed by atoms with van der Waals surface area (Å²) in [6, 6.07) is 6.09. The van der Waals surface area contributed by atoms with Gasteiger partial charge in [0.25, 0.3) is 0 Å². The first-order valence-electron chi connectivity index (χ1n) is 9.95. The molecule has 2 aliphatic rings. The summed E-state index contributed by atoms with van der Waals surface area (Å²) in [7, 11) is 3.32. The van der Waals surface area contributed by atoms with E-state index in [0.717, 1.165) is 37.4 Å². The number of amides is 1. The van der Waals surface area contributed by atoms with Crippen LogP contribution < -0.4 is 14.4 Å². The van der Waals surface area contributed by atoms with Gasteiger partial charge in [0.05, 0.1) is 20.9 Å². The Balaban J connectivity index is 1.52. The largest absolute Gasteiger partial charge is 0.493 e. The maximum atomic E-state index is 12.3. The van der Waals surface area contributed by atoms with Crippen LogP contribution in [0.15, 0.2) is 18.2 Å². The first kappa shape index (κ1) is 19.3. The first-order valence-corrected chi connectivity index (χ1v) is 10.8. The van der Waals surface area contributed by atoms with Gasteiger partial charge in [-0.1, -0.05) is 6.07 Å². The van der Waals surface area contributed by atoms with Gasteiger partial charge in [0.2, 0.25) is 5.91 Å². The van der Waals surface area contributed by atoms with E-state index in [1.54, 1.807) is 21.1 Å². The van der Waals surface area contributed by atoms with Crippen molar-refractivity contribution in [3.8, 4) is 11.5 Å². The maximum absolute atomic E-state index is 12.3. The summed E-state index contributed by atoms with van der Waals surface area (Å²) >= 11 is 1.85. The van der Waals surface area contributed by atoms with Crippen molar-refractivity contribution in [1.29, 1.82) is 0 Å². The predicted molar refractivity (Wildman–Crippen MR) is 113 cm³/mol. The topological polar surface area (TPSA) is 42.0 Å². The third-order valence-electron chi connectivity index (χ3n) is 5.77. The molecule has 0 fully saturated rings. The standard InChI is InChI=1S/C22H28N2O3S/c1-15(25)24-14-23(11-10-16-8-9-19(26-2)20(12-16)27-3)13-18-17-6-4-5-7-21(17)28-22(18)24/h8-9,12H,4-7,10-11,13-14H2,1-3H3. The second-order valence-electron chi connectivity index (χ2n) is 7.57. The lowest BCUT2D eigenvalue weighted by Crippen LogP contribution is -2.44. The highest BCUT2D eigenvalue weighted by Gasteiger charge is 2.31. The molecule has 2 aromatic rings. The molecule has 1 aliphatic carbocycles. The molecular formula is C22H28N2O3S. The van der Waals surface area contributed by atoms with Crippen LogP contribution in [-0.2, 0) is 30.6 Å². The lowest BCUT2D eigenvalue weighted by Gasteiger charge is -2.35. The highest BCUT2D eigenvalue weighted by molar-refractivity contribution is 7.16. The summed E-state index contributed by atoms with van der Waals surface area (Å²) in [4.78, 5) is 18.2. The summed E-state index contributed by atoms with van der Waals surface area (Å²) in [6.07, 6.45) is 5.78. The first-order chi connectivity index (χ1) is 13.6. The molecule has 1 aromatic heterocycles. The fourth-order valence-electron chi connectivity index (χ4n) is 4.25. The number of thiophene rings is 1. The van der Waals surface area contributed by atoms with E-state index in [-0.39, 0.29) is 5.91 Å². The molecule has 0 atom stereocenters. The van der Waals surface area contributed by atoms with Gasteiger partial charge in [-0.15, -0.1) is 11.3 Å². The molecule has 4 rings (SSSR count). The zero-order valence-electron chi connectivity index (χ0n) is 16.9. The second-order valence-corrected chi connectivity index (χ2v) is 8.66. The number of carbonyl (C=O) groups is 1. The van der Waals surface area contributed by atoms with Crippen LogP contribution in [0.25, 0.3) is 0 Å². The quantitative estimate of drug-likeness (QED) is 0.760. The van der Waals surface area contributed by atoms with Gasteiger partial charge >= 0.3 is 0 Å². The minimum absolute atomic E-state index is 0.135. The Morgan fingerprint density at radius 1 is 1.11 bits per heavy atom. The van der Waals surface area contributed by atoms with Crippen molar-refractivity contribution in [3.05, 3.63) is 39.8 Å². The second kappa shape index (κ2) is 8.13. The van der Waals surface area contributed by atoms with Gasteiger partial charge in [-0.2, -0.15) is 0 Å². The number of hydrogen-bond donors (Lipinski definition) is 0. The van der Waals surface area contributed by atoms with Crippen LogP contribution in [-0.4, -0.2) is 38.2 Å². The van der Waals surface area contributed by atoms with Crippen LogP contribution in [0, 0.1) is 0 Å². The summed E-state index contributed by atoms with van der Waals surface area (Å²) < 4.78 is 10.8. The molecule has 1 amide bonds. The summed E-state index contributed by atoms with van der Waals surface area (Å²) in [5.74, 6) is 1.65. The van der Waals surface area contributed by atoms with Crippen LogP contribution in [0.2, 0.25) is 0 Å². The molecule has 5 nitrogen and oxygen atoms in total. The molecule has 0 saturated heterocycles. The van der Waals surface area contributed by atoms with Gasteiger partial charge in [-0.3, -0.25) is 14.6 Å². The van der Waals surface area contributed by atoms with Gasteiger partial charge in [0.15, 0.2) is 11.5 Å². The highest BCUT2D eigenvalue weighted by atomic mass is 32.1. The van der Waals surface area contributed by atoms with E-state index in [0.29, 0.717) is 6.67 Å². The van der Waals surface area contributed by atoms with E-state index < -0.39 is 0 Å². The Bertz CT molecular complexity index is 877. The van der Waals surface area contributed by atoms with Crippen molar-refractivity contribution in [2.45, 2.75) is 45.6 Å². The van der Waals surface area contributed by atoms with Crippen molar-refractivity contribution >= 4 is 22.2 Å². The summed E-state index contributed by atoms with van der Waals surface area (Å²) in [5, 5.41) is 1.20. The number of aryl methyl sites for hydroxylation is 1. The van der Waals surface area contributed by atoms with E-state index in [1.807, 2.05) is 28.4 Å². The van der Waals surface area contributed by atoms with Crippen LogP contribution in [0.3, 0.4) is 0 Å². The smallest absolute Gasteiger partial charge is 0.225 e. The third kappa shape index (κ3) is 3.63. The molecule has 0 N–H and O–H groups in total. The number of carbonyl (C=O) groups excluding carboxylic acids is 1. The van der Waals surface area contributed by atoms with Crippen molar-refractivity contribution in [1.82, 2.24) is 4.90 Å². The molecule has 0 radical (unpaired) electrons. The van der Waals surface area contributed by atoms with Gasteiger partial charge in [0.1, 0.15) is 5.00 Å². The number of hydrogen-bond acceptors (Lipinski definition) is 5. The monoisotopic (exact) mass is 400 g/mol. The third-order valence-corrected chi connectivity index (χ3v) is 7.13. The molecule has 2 heterocycles. The van der Waals surface area contributed by atoms with Crippen LogP contribution in [0.1, 0.15) is 41.3 Å². The molecule has 6 heteroatoms. The molecule has 28 heavy (non-hydrogen) atoms. The Kier molecular flexibility index (Phi) is 5.60. The number of anilines is 1. The van der Waals surface area contributed by atoms with Gasteiger partial charge < -0.3 is 9.47 Å². The number of methoxy groups -OCH3 is 2. The van der Waals surface area contributed by atoms with Crippen LogP contribution in [0.4, 0.5) is 5.00 Å². The maximum Gasteiger partial charge on any atom is 0.225 e.